The molecule has 0 radical (unpaired) electrons. The highest BCUT2D eigenvalue weighted by atomic mass is 35.5. The summed E-state index contributed by atoms with van der Waals surface area (Å²) in [5.41, 5.74) is 4.22. The maximum Gasteiger partial charge on any atom is 0.228 e. The monoisotopic (exact) mass is 314 g/mol. The van der Waals surface area contributed by atoms with E-state index in [-0.39, 0.29) is 12.3 Å². The number of benzene rings is 1. The Morgan fingerprint density at radius 3 is 2.77 bits per heavy atom. The van der Waals surface area contributed by atoms with E-state index in [0.29, 0.717) is 5.02 Å². The van der Waals surface area contributed by atoms with Gasteiger partial charge in [-0.05, 0) is 43.2 Å². The van der Waals surface area contributed by atoms with Gasteiger partial charge in [0.2, 0.25) is 5.91 Å². The fraction of sp³-hybridized carbons (Fsp3) is 0.176. The first kappa shape index (κ1) is 14.6. The van der Waals surface area contributed by atoms with E-state index >= 15 is 0 Å². The topological polar surface area (TPSA) is 55.1 Å². The summed E-state index contributed by atoms with van der Waals surface area (Å²) in [5.74, 6) is -0.106. The smallest absolute Gasteiger partial charge is 0.228 e. The third-order valence-corrected chi connectivity index (χ3v) is 4.19. The SMILES string of the molecule is Cc1cc2occ(CC(=O)Nc3ccncc3)c2c(C)c1Cl. The van der Waals surface area contributed by atoms with Gasteiger partial charge in [0.1, 0.15) is 5.58 Å². The fourth-order valence-electron chi connectivity index (χ4n) is 2.55. The maximum absolute atomic E-state index is 12.2. The second-order valence-electron chi connectivity index (χ2n) is 5.23. The molecule has 1 N–H and O–H groups in total. The van der Waals surface area contributed by atoms with Gasteiger partial charge in [-0.15, -0.1) is 0 Å². The number of amides is 1. The number of pyridine rings is 1. The molecule has 0 aliphatic carbocycles. The highest BCUT2D eigenvalue weighted by molar-refractivity contribution is 6.33. The van der Waals surface area contributed by atoms with Crippen LogP contribution >= 0.6 is 11.6 Å². The zero-order valence-corrected chi connectivity index (χ0v) is 13.1. The molecule has 22 heavy (non-hydrogen) atoms. The summed E-state index contributed by atoms with van der Waals surface area (Å²) in [6.45, 7) is 3.88. The summed E-state index contributed by atoms with van der Waals surface area (Å²) in [6.07, 6.45) is 5.13. The van der Waals surface area contributed by atoms with Crippen molar-refractivity contribution in [3.8, 4) is 0 Å². The molecule has 5 heteroatoms. The Morgan fingerprint density at radius 1 is 1.32 bits per heavy atom. The standard InChI is InChI=1S/C17H15ClN2O2/c1-10-7-14-16(11(2)17(10)18)12(9-22-14)8-15(21)20-13-3-5-19-6-4-13/h3-7,9H,8H2,1-2H3,(H,19,20,21). The lowest BCUT2D eigenvalue weighted by molar-refractivity contribution is -0.115. The van der Waals surface area contributed by atoms with Gasteiger partial charge in [0.15, 0.2) is 0 Å². The van der Waals surface area contributed by atoms with Gasteiger partial charge in [-0.25, -0.2) is 0 Å². The maximum atomic E-state index is 12.2. The number of aromatic nitrogens is 1. The fourth-order valence-corrected chi connectivity index (χ4v) is 2.70. The molecule has 0 unspecified atom stereocenters. The quantitative estimate of drug-likeness (QED) is 0.785. The van der Waals surface area contributed by atoms with E-state index in [1.807, 2.05) is 19.9 Å². The van der Waals surface area contributed by atoms with Gasteiger partial charge in [-0.2, -0.15) is 0 Å². The summed E-state index contributed by atoms with van der Waals surface area (Å²) < 4.78 is 5.57. The zero-order chi connectivity index (χ0) is 15.7. The molecular weight excluding hydrogens is 300 g/mol. The minimum absolute atomic E-state index is 0.106. The number of rotatable bonds is 3. The van der Waals surface area contributed by atoms with E-state index in [2.05, 4.69) is 10.3 Å². The largest absolute Gasteiger partial charge is 0.464 e. The third-order valence-electron chi connectivity index (χ3n) is 3.61. The Balaban J connectivity index is 1.88. The molecule has 1 aromatic carbocycles. The van der Waals surface area contributed by atoms with Crippen LogP contribution in [0, 0.1) is 13.8 Å². The van der Waals surface area contributed by atoms with Crippen molar-refractivity contribution < 1.29 is 9.21 Å². The molecule has 0 spiro atoms. The summed E-state index contributed by atoms with van der Waals surface area (Å²) in [7, 11) is 0. The van der Waals surface area contributed by atoms with Crippen LogP contribution in [0.5, 0.6) is 0 Å². The molecule has 3 rings (SSSR count). The third kappa shape index (κ3) is 2.70. The number of fused-ring (bicyclic) bond motifs is 1. The number of anilines is 1. The van der Waals surface area contributed by atoms with Crippen LogP contribution in [0.25, 0.3) is 11.0 Å². The predicted molar refractivity (Wildman–Crippen MR) is 87.3 cm³/mol. The summed E-state index contributed by atoms with van der Waals surface area (Å²) >= 11 is 6.30. The average molecular weight is 315 g/mol. The van der Waals surface area contributed by atoms with E-state index < -0.39 is 0 Å². The van der Waals surface area contributed by atoms with Gasteiger partial charge < -0.3 is 9.73 Å². The highest BCUT2D eigenvalue weighted by Gasteiger charge is 2.15. The van der Waals surface area contributed by atoms with E-state index in [1.54, 1.807) is 30.8 Å². The first-order valence-electron chi connectivity index (χ1n) is 6.92. The Hall–Kier alpha value is -2.33. The van der Waals surface area contributed by atoms with E-state index in [1.165, 1.54) is 0 Å². The second kappa shape index (κ2) is 5.81. The van der Waals surface area contributed by atoms with Crippen molar-refractivity contribution in [1.82, 2.24) is 4.98 Å². The average Bonchev–Trinajstić information content (AvgIpc) is 2.88. The Bertz CT molecular complexity index is 841. The number of carbonyl (C=O) groups excluding carboxylic acids is 1. The number of hydrogen-bond donors (Lipinski definition) is 1. The first-order chi connectivity index (χ1) is 10.6. The normalized spacial score (nSPS) is 10.9. The van der Waals surface area contributed by atoms with Crippen LogP contribution in [0.4, 0.5) is 5.69 Å². The van der Waals surface area contributed by atoms with Crippen molar-refractivity contribution in [2.45, 2.75) is 20.3 Å². The molecule has 2 heterocycles. The van der Waals surface area contributed by atoms with Crippen LogP contribution in [0.3, 0.4) is 0 Å². The van der Waals surface area contributed by atoms with Gasteiger partial charge in [0.25, 0.3) is 0 Å². The molecule has 0 bridgehead atoms. The number of nitrogens with zero attached hydrogens (tertiary/aromatic N) is 1. The zero-order valence-electron chi connectivity index (χ0n) is 12.3. The molecule has 0 saturated heterocycles. The van der Waals surface area contributed by atoms with E-state index in [4.69, 9.17) is 16.0 Å². The predicted octanol–water partition coefficient (Wildman–Crippen LogP) is 4.28. The molecular formula is C17H15ClN2O2. The second-order valence-corrected chi connectivity index (χ2v) is 5.61. The van der Waals surface area contributed by atoms with Gasteiger partial charge in [-0.3, -0.25) is 9.78 Å². The number of carbonyl (C=O) groups is 1. The minimum atomic E-state index is -0.106. The van der Waals surface area contributed by atoms with Crippen LogP contribution in [0.2, 0.25) is 5.02 Å². The van der Waals surface area contributed by atoms with Crippen molar-refractivity contribution in [3.63, 3.8) is 0 Å². The van der Waals surface area contributed by atoms with Crippen molar-refractivity contribution in [1.29, 1.82) is 0 Å². The number of furan rings is 1. The van der Waals surface area contributed by atoms with Crippen LogP contribution in [-0.2, 0) is 11.2 Å². The number of halogens is 1. The number of aryl methyl sites for hydroxylation is 2. The number of nitrogens with one attached hydrogen (secondary N) is 1. The van der Waals surface area contributed by atoms with Crippen molar-refractivity contribution in [2.75, 3.05) is 5.32 Å². The first-order valence-corrected chi connectivity index (χ1v) is 7.29. The Labute approximate surface area is 133 Å². The van der Waals surface area contributed by atoms with Crippen LogP contribution in [-0.4, -0.2) is 10.9 Å². The van der Waals surface area contributed by atoms with Crippen LogP contribution in [0.15, 0.2) is 41.3 Å². The molecule has 0 aliphatic heterocycles. The molecule has 0 fully saturated rings. The highest BCUT2D eigenvalue weighted by Crippen LogP contribution is 2.32. The lowest BCUT2D eigenvalue weighted by atomic mass is 10.0. The van der Waals surface area contributed by atoms with Crippen molar-refractivity contribution in [2.24, 2.45) is 0 Å². The lowest BCUT2D eigenvalue weighted by Gasteiger charge is -2.06. The van der Waals surface area contributed by atoms with Gasteiger partial charge in [0, 0.05) is 34.1 Å². The summed E-state index contributed by atoms with van der Waals surface area (Å²) in [4.78, 5) is 16.1. The molecule has 0 saturated carbocycles. The molecule has 1 amide bonds. The van der Waals surface area contributed by atoms with Crippen molar-refractivity contribution >= 4 is 34.2 Å². The minimum Gasteiger partial charge on any atom is -0.464 e. The Morgan fingerprint density at radius 2 is 2.05 bits per heavy atom. The van der Waals surface area contributed by atoms with Gasteiger partial charge in [0.05, 0.1) is 12.7 Å². The van der Waals surface area contributed by atoms with Crippen molar-refractivity contribution in [3.05, 3.63) is 58.6 Å². The molecule has 112 valence electrons. The van der Waals surface area contributed by atoms with Crippen LogP contribution in [0.1, 0.15) is 16.7 Å². The van der Waals surface area contributed by atoms with Gasteiger partial charge in [-0.1, -0.05) is 11.6 Å². The van der Waals surface area contributed by atoms with E-state index in [0.717, 1.165) is 33.3 Å². The molecule has 0 aliphatic rings. The molecule has 2 aromatic heterocycles. The summed E-state index contributed by atoms with van der Waals surface area (Å²) in [5, 5.41) is 4.47. The lowest BCUT2D eigenvalue weighted by Crippen LogP contribution is -2.14. The Kier molecular flexibility index (Phi) is 3.86. The number of hydrogen-bond acceptors (Lipinski definition) is 3. The molecule has 0 atom stereocenters. The van der Waals surface area contributed by atoms with Gasteiger partial charge >= 0.3 is 0 Å². The molecule has 4 nitrogen and oxygen atoms in total. The summed E-state index contributed by atoms with van der Waals surface area (Å²) in [6, 6.07) is 5.39. The van der Waals surface area contributed by atoms with Crippen LogP contribution < -0.4 is 5.32 Å². The molecule has 3 aromatic rings. The van der Waals surface area contributed by atoms with E-state index in [9.17, 15) is 4.79 Å².